The second kappa shape index (κ2) is 5.90. The molecule has 17 heavy (non-hydrogen) atoms. The van der Waals surface area contributed by atoms with Crippen LogP contribution in [0.2, 0.25) is 0 Å². The van der Waals surface area contributed by atoms with E-state index >= 15 is 0 Å². The van der Waals surface area contributed by atoms with Gasteiger partial charge in [-0.3, -0.25) is 0 Å². The van der Waals surface area contributed by atoms with Crippen LogP contribution in [-0.2, 0) is 14.2 Å². The number of ether oxygens (including phenoxy) is 3. The van der Waals surface area contributed by atoms with Gasteiger partial charge in [0.1, 0.15) is 24.4 Å². The van der Waals surface area contributed by atoms with Crippen LogP contribution in [0.15, 0.2) is 12.2 Å². The molecular formula is C11H20O6. The summed E-state index contributed by atoms with van der Waals surface area (Å²) in [6, 6.07) is 0. The van der Waals surface area contributed by atoms with E-state index in [0.29, 0.717) is 0 Å². The van der Waals surface area contributed by atoms with E-state index in [1.807, 2.05) is 0 Å². The van der Waals surface area contributed by atoms with Gasteiger partial charge >= 0.3 is 0 Å². The molecule has 1 fully saturated rings. The highest BCUT2D eigenvalue weighted by molar-refractivity contribution is 5.04. The molecule has 1 rings (SSSR count). The topological polar surface area (TPSA) is 88.4 Å². The second-order valence-corrected chi connectivity index (χ2v) is 3.96. The molecule has 0 aromatic rings. The summed E-state index contributed by atoms with van der Waals surface area (Å²) in [5.74, 6) is -1.93. The number of methoxy groups -OCH3 is 2. The average molecular weight is 248 g/mol. The van der Waals surface area contributed by atoms with Gasteiger partial charge in [0.05, 0.1) is 6.61 Å². The van der Waals surface area contributed by atoms with Gasteiger partial charge in [-0.15, -0.1) is 0 Å². The van der Waals surface area contributed by atoms with E-state index in [9.17, 15) is 15.3 Å². The van der Waals surface area contributed by atoms with Gasteiger partial charge in [0, 0.05) is 14.2 Å². The van der Waals surface area contributed by atoms with Gasteiger partial charge in [0.2, 0.25) is 5.79 Å². The summed E-state index contributed by atoms with van der Waals surface area (Å²) in [5, 5.41) is 29.8. The van der Waals surface area contributed by atoms with Crippen LogP contribution in [0.25, 0.3) is 0 Å². The Labute approximate surface area is 100 Å². The minimum atomic E-state index is -1.93. The number of allylic oxidation sites excluding steroid dienone is 1. The van der Waals surface area contributed by atoms with E-state index < -0.39 is 30.2 Å². The first-order valence-corrected chi connectivity index (χ1v) is 5.42. The Morgan fingerprint density at radius 1 is 1.41 bits per heavy atom. The third-order valence-corrected chi connectivity index (χ3v) is 2.90. The summed E-state index contributed by atoms with van der Waals surface area (Å²) in [6.45, 7) is 1.57. The highest BCUT2D eigenvalue weighted by atomic mass is 16.7. The summed E-state index contributed by atoms with van der Waals surface area (Å²) in [6.07, 6.45) is -0.950. The molecule has 3 N–H and O–H groups in total. The van der Waals surface area contributed by atoms with Crippen molar-refractivity contribution in [3.8, 4) is 0 Å². The lowest BCUT2D eigenvalue weighted by atomic mass is 9.92. The molecule has 1 aliphatic heterocycles. The minimum Gasteiger partial charge on any atom is -0.388 e. The molecule has 0 aromatic carbocycles. The zero-order valence-corrected chi connectivity index (χ0v) is 10.2. The predicted octanol–water partition coefficient (Wildman–Crippen LogP) is -0.967. The van der Waals surface area contributed by atoms with Gasteiger partial charge in [-0.1, -0.05) is 12.2 Å². The van der Waals surface area contributed by atoms with Crippen molar-refractivity contribution in [3.05, 3.63) is 12.2 Å². The molecule has 1 unspecified atom stereocenters. The van der Waals surface area contributed by atoms with Crippen LogP contribution in [0.5, 0.6) is 0 Å². The Kier molecular flexibility index (Phi) is 5.05. The van der Waals surface area contributed by atoms with Crippen molar-refractivity contribution in [2.24, 2.45) is 0 Å². The molecule has 1 aliphatic rings. The van der Waals surface area contributed by atoms with Crippen molar-refractivity contribution in [2.45, 2.75) is 37.1 Å². The standard InChI is InChI=1S/C11H20O6/c1-4-5-8(13)11(14)10(16-3)9(15-2)7(12)6-17-11/h4-5,7-10,12-14H,6H2,1-3H3/t7-,8?,9-,10-,11-/m1/s1. The molecule has 5 atom stereocenters. The molecule has 0 saturated carbocycles. The van der Waals surface area contributed by atoms with Gasteiger partial charge in [0.15, 0.2) is 0 Å². The third kappa shape index (κ3) is 2.67. The Morgan fingerprint density at radius 2 is 2.06 bits per heavy atom. The molecule has 0 aliphatic carbocycles. The molecule has 0 aromatic heterocycles. The van der Waals surface area contributed by atoms with Crippen LogP contribution in [0, 0.1) is 0 Å². The SMILES string of the molecule is CC=CC(O)[C@@]1(O)OC[C@@H](O)[C@@H](OC)[C@H]1OC. The molecule has 6 nitrogen and oxygen atoms in total. The molecule has 0 radical (unpaired) electrons. The molecule has 6 heteroatoms. The van der Waals surface area contributed by atoms with Crippen LogP contribution in [0.1, 0.15) is 6.92 Å². The zero-order valence-electron chi connectivity index (χ0n) is 10.2. The van der Waals surface area contributed by atoms with E-state index in [2.05, 4.69) is 0 Å². The van der Waals surface area contributed by atoms with Gasteiger partial charge in [-0.05, 0) is 6.92 Å². The van der Waals surface area contributed by atoms with Gasteiger partial charge in [0.25, 0.3) is 0 Å². The number of aliphatic hydroxyl groups is 3. The molecule has 0 bridgehead atoms. The van der Waals surface area contributed by atoms with Crippen molar-refractivity contribution >= 4 is 0 Å². The Bertz CT molecular complexity index is 269. The van der Waals surface area contributed by atoms with Crippen LogP contribution in [0.3, 0.4) is 0 Å². The first-order chi connectivity index (χ1) is 8.01. The van der Waals surface area contributed by atoms with Crippen molar-refractivity contribution in [1.82, 2.24) is 0 Å². The summed E-state index contributed by atoms with van der Waals surface area (Å²) >= 11 is 0. The molecule has 0 spiro atoms. The molecular weight excluding hydrogens is 228 g/mol. The van der Waals surface area contributed by atoms with Crippen LogP contribution in [-0.4, -0.2) is 66.3 Å². The number of rotatable bonds is 4. The average Bonchev–Trinajstić information content (AvgIpc) is 2.32. The highest BCUT2D eigenvalue weighted by Crippen LogP contribution is 2.31. The Morgan fingerprint density at radius 3 is 2.53 bits per heavy atom. The highest BCUT2D eigenvalue weighted by Gasteiger charge is 2.54. The molecule has 1 saturated heterocycles. The van der Waals surface area contributed by atoms with Crippen molar-refractivity contribution in [1.29, 1.82) is 0 Å². The summed E-state index contributed by atoms with van der Waals surface area (Å²) in [7, 11) is 2.75. The van der Waals surface area contributed by atoms with Crippen molar-refractivity contribution < 1.29 is 29.5 Å². The van der Waals surface area contributed by atoms with Crippen molar-refractivity contribution in [2.75, 3.05) is 20.8 Å². The number of hydrogen-bond donors (Lipinski definition) is 3. The maximum Gasteiger partial charge on any atom is 0.225 e. The fourth-order valence-corrected chi connectivity index (χ4v) is 1.99. The maximum atomic E-state index is 10.3. The number of hydrogen-bond acceptors (Lipinski definition) is 6. The van der Waals surface area contributed by atoms with E-state index in [0.717, 1.165) is 0 Å². The minimum absolute atomic E-state index is 0.135. The summed E-state index contributed by atoms with van der Waals surface area (Å²) in [5.41, 5.74) is 0. The Hall–Kier alpha value is -0.500. The quantitative estimate of drug-likeness (QED) is 0.555. The summed E-state index contributed by atoms with van der Waals surface area (Å²) in [4.78, 5) is 0. The smallest absolute Gasteiger partial charge is 0.225 e. The fourth-order valence-electron chi connectivity index (χ4n) is 1.99. The second-order valence-electron chi connectivity index (χ2n) is 3.96. The lowest BCUT2D eigenvalue weighted by molar-refractivity contribution is -0.351. The van der Waals surface area contributed by atoms with Crippen LogP contribution in [0.4, 0.5) is 0 Å². The van der Waals surface area contributed by atoms with Crippen molar-refractivity contribution in [3.63, 3.8) is 0 Å². The first kappa shape index (κ1) is 14.6. The zero-order chi connectivity index (χ0) is 13.1. The lowest BCUT2D eigenvalue weighted by Crippen LogP contribution is -2.66. The van der Waals surface area contributed by atoms with Gasteiger partial charge in [-0.25, -0.2) is 0 Å². The van der Waals surface area contributed by atoms with Gasteiger partial charge in [-0.2, -0.15) is 0 Å². The summed E-state index contributed by atoms with van der Waals surface area (Å²) < 4.78 is 15.3. The van der Waals surface area contributed by atoms with Crippen LogP contribution >= 0.6 is 0 Å². The van der Waals surface area contributed by atoms with E-state index in [1.165, 1.54) is 20.3 Å². The number of aliphatic hydroxyl groups excluding tert-OH is 2. The molecule has 0 amide bonds. The predicted molar refractivity (Wildman–Crippen MR) is 59.3 cm³/mol. The monoisotopic (exact) mass is 248 g/mol. The van der Waals surface area contributed by atoms with E-state index in [-0.39, 0.29) is 6.61 Å². The van der Waals surface area contributed by atoms with Crippen LogP contribution < -0.4 is 0 Å². The van der Waals surface area contributed by atoms with Gasteiger partial charge < -0.3 is 29.5 Å². The first-order valence-electron chi connectivity index (χ1n) is 5.42. The Balaban J connectivity index is 2.97. The molecule has 1 heterocycles. The normalized spacial score (nSPS) is 40.7. The fraction of sp³-hybridized carbons (Fsp3) is 0.818. The largest absolute Gasteiger partial charge is 0.388 e. The maximum absolute atomic E-state index is 10.3. The van der Waals surface area contributed by atoms with E-state index in [1.54, 1.807) is 13.0 Å². The van der Waals surface area contributed by atoms with E-state index in [4.69, 9.17) is 14.2 Å². The third-order valence-electron chi connectivity index (χ3n) is 2.90. The lowest BCUT2D eigenvalue weighted by Gasteiger charge is -2.46. The molecule has 100 valence electrons.